The van der Waals surface area contributed by atoms with Gasteiger partial charge in [0.25, 0.3) is 0 Å². The molecule has 12 rings (SSSR count). The Bertz CT molecular complexity index is 3410. The van der Waals surface area contributed by atoms with Crippen LogP contribution in [0.1, 0.15) is 0 Å². The van der Waals surface area contributed by atoms with Crippen molar-refractivity contribution in [3.63, 3.8) is 0 Å². The molecule has 8 aromatic carbocycles. The van der Waals surface area contributed by atoms with E-state index >= 15 is 0 Å². The van der Waals surface area contributed by atoms with Crippen molar-refractivity contribution in [2.75, 3.05) is 0 Å². The summed E-state index contributed by atoms with van der Waals surface area (Å²) in [6, 6.07) is 71.3. The lowest BCUT2D eigenvalue weighted by Gasteiger charge is -2.13. The number of hydrogen-bond acceptors (Lipinski definition) is 2. The zero-order valence-corrected chi connectivity index (χ0v) is 30.8. The lowest BCUT2D eigenvalue weighted by Crippen LogP contribution is -2.04. The monoisotopic (exact) mass is 727 g/mol. The Labute approximate surface area is 328 Å². The summed E-state index contributed by atoms with van der Waals surface area (Å²) in [6.45, 7) is 0. The van der Waals surface area contributed by atoms with E-state index in [4.69, 9.17) is 9.97 Å². The zero-order valence-electron chi connectivity index (χ0n) is 30.8. The largest absolute Gasteiger partial charge is 0.309 e. The van der Waals surface area contributed by atoms with Crippen molar-refractivity contribution in [2.45, 2.75) is 0 Å². The second-order valence-corrected chi connectivity index (χ2v) is 14.6. The number of rotatable bonds is 5. The average Bonchev–Trinajstić information content (AvgIpc) is 3.92. The quantitative estimate of drug-likeness (QED) is 0.177. The highest BCUT2D eigenvalue weighted by Crippen LogP contribution is 2.39. The minimum atomic E-state index is 0.634. The summed E-state index contributed by atoms with van der Waals surface area (Å²) < 4.78 is 7.05. The van der Waals surface area contributed by atoms with Crippen LogP contribution < -0.4 is 0 Å². The van der Waals surface area contributed by atoms with Crippen molar-refractivity contribution in [1.82, 2.24) is 23.7 Å². The lowest BCUT2D eigenvalue weighted by molar-refractivity contribution is 0.994. The topological polar surface area (TPSA) is 40.6 Å². The van der Waals surface area contributed by atoms with Gasteiger partial charge in [-0.25, -0.2) is 9.97 Å². The van der Waals surface area contributed by atoms with Crippen LogP contribution in [0.25, 0.3) is 105 Å². The third kappa shape index (κ3) is 4.82. The van der Waals surface area contributed by atoms with Gasteiger partial charge in [0.1, 0.15) is 0 Å². The first kappa shape index (κ1) is 31.6. The van der Waals surface area contributed by atoms with Gasteiger partial charge < -0.3 is 9.13 Å². The van der Waals surface area contributed by atoms with Gasteiger partial charge in [0, 0.05) is 54.8 Å². The van der Waals surface area contributed by atoms with Gasteiger partial charge in [-0.3, -0.25) is 4.57 Å². The molecular weight excluding hydrogens is 695 g/mol. The molecule has 12 aromatic rings. The molecule has 0 bridgehead atoms. The van der Waals surface area contributed by atoms with Gasteiger partial charge in [0.15, 0.2) is 0 Å². The van der Waals surface area contributed by atoms with Gasteiger partial charge in [0.2, 0.25) is 5.95 Å². The van der Waals surface area contributed by atoms with E-state index in [1.807, 2.05) is 12.1 Å². The smallest absolute Gasteiger partial charge is 0.235 e. The number of fused-ring (bicyclic) bond motifs is 9. The molecule has 0 aliphatic heterocycles. The molecule has 0 radical (unpaired) electrons. The van der Waals surface area contributed by atoms with Gasteiger partial charge in [-0.1, -0.05) is 146 Å². The fourth-order valence-electron chi connectivity index (χ4n) is 8.94. The van der Waals surface area contributed by atoms with Crippen LogP contribution in [0.5, 0.6) is 0 Å². The molecule has 0 saturated carbocycles. The first-order chi connectivity index (χ1) is 28.3. The Kier molecular flexibility index (Phi) is 6.86. The molecule has 0 unspecified atom stereocenters. The van der Waals surface area contributed by atoms with E-state index in [1.165, 1.54) is 32.6 Å². The van der Waals surface area contributed by atoms with E-state index in [0.29, 0.717) is 5.95 Å². The summed E-state index contributed by atoms with van der Waals surface area (Å²) in [4.78, 5) is 10.6. The van der Waals surface area contributed by atoms with E-state index in [9.17, 15) is 0 Å². The maximum atomic E-state index is 5.30. The molecule has 0 saturated heterocycles. The van der Waals surface area contributed by atoms with Crippen molar-refractivity contribution < 1.29 is 0 Å². The van der Waals surface area contributed by atoms with Gasteiger partial charge in [-0.05, 0) is 54.6 Å². The Hall–Kier alpha value is -7.76. The summed E-state index contributed by atoms with van der Waals surface area (Å²) in [6.07, 6.45) is 0. The highest BCUT2D eigenvalue weighted by atomic mass is 15.2. The van der Waals surface area contributed by atoms with Crippen LogP contribution in [-0.2, 0) is 0 Å². The first-order valence-electron chi connectivity index (χ1n) is 19.3. The minimum Gasteiger partial charge on any atom is -0.309 e. The Morgan fingerprint density at radius 1 is 0.263 bits per heavy atom. The van der Waals surface area contributed by atoms with E-state index in [0.717, 1.165) is 66.7 Å². The number of benzene rings is 8. The molecular formula is C52H33N5. The summed E-state index contributed by atoms with van der Waals surface area (Å²) in [7, 11) is 0. The van der Waals surface area contributed by atoms with Crippen LogP contribution in [0.4, 0.5) is 0 Å². The molecule has 0 atom stereocenters. The van der Waals surface area contributed by atoms with Crippen LogP contribution in [0, 0.1) is 0 Å². The highest BCUT2D eigenvalue weighted by Gasteiger charge is 2.20. The molecule has 0 aliphatic carbocycles. The van der Waals surface area contributed by atoms with Crippen LogP contribution in [0.2, 0.25) is 0 Å². The normalized spacial score (nSPS) is 11.9. The first-order valence-corrected chi connectivity index (χ1v) is 19.3. The number of nitrogens with zero attached hydrogens (tertiary/aromatic N) is 5. The minimum absolute atomic E-state index is 0.634. The van der Waals surface area contributed by atoms with Crippen LogP contribution in [0.15, 0.2) is 200 Å². The highest BCUT2D eigenvalue weighted by molar-refractivity contribution is 6.13. The second kappa shape index (κ2) is 12.4. The van der Waals surface area contributed by atoms with Crippen LogP contribution in [0.3, 0.4) is 0 Å². The van der Waals surface area contributed by atoms with Crippen molar-refractivity contribution in [1.29, 1.82) is 0 Å². The number of aromatic nitrogens is 5. The SMILES string of the molecule is c1ccc(-c2cc(-c3ccccc3)nc(-n3c4ccccc4c4ccc(-n5c6ccccc6c6ccc(-n7c8ccccc8c8ccccc87)cc65)cc43)n2)cc1. The van der Waals surface area contributed by atoms with Crippen LogP contribution >= 0.6 is 0 Å². The van der Waals surface area contributed by atoms with Gasteiger partial charge >= 0.3 is 0 Å². The molecule has 5 nitrogen and oxygen atoms in total. The maximum Gasteiger partial charge on any atom is 0.235 e. The molecule has 0 fully saturated rings. The molecule has 0 N–H and O–H groups in total. The fourth-order valence-corrected chi connectivity index (χ4v) is 8.94. The molecule has 0 amide bonds. The van der Waals surface area contributed by atoms with Crippen molar-refractivity contribution in [3.05, 3.63) is 200 Å². The predicted molar refractivity (Wildman–Crippen MR) is 236 cm³/mol. The Morgan fingerprint density at radius 2 is 0.596 bits per heavy atom. The van der Waals surface area contributed by atoms with Crippen molar-refractivity contribution >= 4 is 65.4 Å². The maximum absolute atomic E-state index is 5.30. The standard InChI is InChI=1S/C52H33N5/c1-3-15-34(16-4-1)44-33-45(35-17-5-2-6-18-35)54-52(53-44)57-49-26-14-10-22-41(49)43-30-28-37(32-51(43)57)56-48-25-13-9-21-40(48)42-29-27-36(31-50(42)56)55-46-23-11-7-19-38(46)39-20-8-12-24-47(39)55/h1-33H. The number of para-hydroxylation sites is 4. The summed E-state index contributed by atoms with van der Waals surface area (Å²) in [5, 5.41) is 7.23. The van der Waals surface area contributed by atoms with E-state index in [2.05, 4.69) is 202 Å². The predicted octanol–water partition coefficient (Wildman–Crippen LogP) is 13.1. The fraction of sp³-hybridized carbons (Fsp3) is 0. The zero-order chi connectivity index (χ0) is 37.5. The summed E-state index contributed by atoms with van der Waals surface area (Å²) in [5.41, 5.74) is 12.8. The molecule has 4 aromatic heterocycles. The van der Waals surface area contributed by atoms with E-state index in [1.54, 1.807) is 0 Å². The van der Waals surface area contributed by atoms with E-state index < -0.39 is 0 Å². The van der Waals surface area contributed by atoms with Gasteiger partial charge in [0.05, 0.1) is 44.5 Å². The average molecular weight is 728 g/mol. The lowest BCUT2D eigenvalue weighted by atomic mass is 10.1. The molecule has 57 heavy (non-hydrogen) atoms. The number of hydrogen-bond donors (Lipinski definition) is 0. The van der Waals surface area contributed by atoms with Crippen molar-refractivity contribution in [2.24, 2.45) is 0 Å². The summed E-state index contributed by atoms with van der Waals surface area (Å²) >= 11 is 0. The molecule has 266 valence electrons. The molecule has 0 aliphatic rings. The van der Waals surface area contributed by atoms with Crippen LogP contribution in [-0.4, -0.2) is 23.7 Å². The Balaban J connectivity index is 1.13. The molecule has 5 heteroatoms. The van der Waals surface area contributed by atoms with Gasteiger partial charge in [-0.15, -0.1) is 0 Å². The molecule has 4 heterocycles. The van der Waals surface area contributed by atoms with Crippen molar-refractivity contribution in [3.8, 4) is 39.8 Å². The van der Waals surface area contributed by atoms with Gasteiger partial charge in [-0.2, -0.15) is 0 Å². The summed E-state index contributed by atoms with van der Waals surface area (Å²) in [5.74, 6) is 0.634. The third-order valence-electron chi connectivity index (χ3n) is 11.5. The Morgan fingerprint density at radius 3 is 1.04 bits per heavy atom. The molecule has 0 spiro atoms. The van der Waals surface area contributed by atoms with E-state index in [-0.39, 0.29) is 0 Å². The third-order valence-corrected chi connectivity index (χ3v) is 11.5. The second-order valence-electron chi connectivity index (χ2n) is 14.6.